The molecule has 1 unspecified atom stereocenters. The number of carbonyl (C=O) groups excluding carboxylic acids is 2. The fourth-order valence-corrected chi connectivity index (χ4v) is 3.75. The lowest BCUT2D eigenvalue weighted by molar-refractivity contribution is -0.131. The number of rotatable bonds is 6. The van der Waals surface area contributed by atoms with Crippen molar-refractivity contribution in [1.29, 1.82) is 0 Å². The van der Waals surface area contributed by atoms with E-state index in [0.29, 0.717) is 26.1 Å². The Morgan fingerprint density at radius 2 is 1.93 bits per heavy atom. The molecule has 5 nitrogen and oxygen atoms in total. The zero-order valence-electron chi connectivity index (χ0n) is 15.9. The second-order valence-electron chi connectivity index (χ2n) is 7.11. The van der Waals surface area contributed by atoms with Crippen LogP contribution in [0.1, 0.15) is 24.8 Å². The Kier molecular flexibility index (Phi) is 6.82. The normalized spacial score (nSPS) is 17.5. The molecular weight excluding hydrogens is 340 g/mol. The number of amides is 2. The van der Waals surface area contributed by atoms with Crippen LogP contribution in [0, 0.1) is 5.92 Å². The molecule has 1 heterocycles. The number of nitrogens with zero attached hydrogens (tertiary/aromatic N) is 1. The molecule has 1 aliphatic rings. The quantitative estimate of drug-likeness (QED) is 0.798. The van der Waals surface area contributed by atoms with Crippen LogP contribution < -0.4 is 5.32 Å². The highest BCUT2D eigenvalue weighted by Crippen LogP contribution is 2.22. The molecule has 2 amide bonds. The molecule has 0 bridgehead atoms. The SMILES string of the molecule is COCCNC(=O)C1CCCN(C(=O)Cc2cccc3ccccc23)CC1. The van der Waals surface area contributed by atoms with Gasteiger partial charge in [0.15, 0.2) is 0 Å². The zero-order chi connectivity index (χ0) is 19.1. The van der Waals surface area contributed by atoms with Crippen LogP contribution in [-0.2, 0) is 20.7 Å². The maximum Gasteiger partial charge on any atom is 0.227 e. The van der Waals surface area contributed by atoms with Gasteiger partial charge in [0, 0.05) is 32.7 Å². The highest BCUT2D eigenvalue weighted by molar-refractivity contribution is 5.90. The number of likely N-dealkylation sites (tertiary alicyclic amines) is 1. The second kappa shape index (κ2) is 9.51. The highest BCUT2D eigenvalue weighted by atomic mass is 16.5. The summed E-state index contributed by atoms with van der Waals surface area (Å²) in [7, 11) is 1.62. The number of nitrogens with one attached hydrogen (secondary N) is 1. The van der Waals surface area contributed by atoms with Gasteiger partial charge in [-0.25, -0.2) is 0 Å². The summed E-state index contributed by atoms with van der Waals surface area (Å²) < 4.78 is 4.97. The van der Waals surface area contributed by atoms with Gasteiger partial charge in [0.1, 0.15) is 0 Å². The molecule has 0 spiro atoms. The van der Waals surface area contributed by atoms with E-state index in [4.69, 9.17) is 4.74 Å². The highest BCUT2D eigenvalue weighted by Gasteiger charge is 2.25. The first-order chi connectivity index (χ1) is 13.2. The predicted molar refractivity (Wildman–Crippen MR) is 106 cm³/mol. The standard InChI is InChI=1S/C22H28N2O3/c1-27-15-12-23-22(26)18-9-5-13-24(14-11-18)21(25)16-19-8-4-7-17-6-2-3-10-20(17)19/h2-4,6-8,10,18H,5,9,11-16H2,1H3,(H,23,26). The van der Waals surface area contributed by atoms with Crippen LogP contribution in [-0.4, -0.2) is 50.1 Å². The van der Waals surface area contributed by atoms with E-state index >= 15 is 0 Å². The van der Waals surface area contributed by atoms with Crippen LogP contribution in [0.4, 0.5) is 0 Å². The molecule has 1 atom stereocenters. The lowest BCUT2D eigenvalue weighted by Crippen LogP contribution is -2.35. The summed E-state index contributed by atoms with van der Waals surface area (Å²) in [6, 6.07) is 14.3. The molecule has 1 aliphatic heterocycles. The lowest BCUT2D eigenvalue weighted by Gasteiger charge is -2.21. The van der Waals surface area contributed by atoms with Crippen molar-refractivity contribution >= 4 is 22.6 Å². The van der Waals surface area contributed by atoms with Crippen molar-refractivity contribution in [3.63, 3.8) is 0 Å². The van der Waals surface area contributed by atoms with Gasteiger partial charge in [-0.1, -0.05) is 42.5 Å². The molecule has 2 aromatic carbocycles. The van der Waals surface area contributed by atoms with Crippen molar-refractivity contribution in [1.82, 2.24) is 10.2 Å². The molecular formula is C22H28N2O3. The van der Waals surface area contributed by atoms with E-state index in [9.17, 15) is 9.59 Å². The van der Waals surface area contributed by atoms with Crippen molar-refractivity contribution < 1.29 is 14.3 Å². The number of ether oxygens (including phenoxy) is 1. The summed E-state index contributed by atoms with van der Waals surface area (Å²) in [6.07, 6.45) is 2.83. The van der Waals surface area contributed by atoms with Crippen molar-refractivity contribution in [2.75, 3.05) is 33.4 Å². The Balaban J connectivity index is 1.58. The van der Waals surface area contributed by atoms with Crippen LogP contribution in [0.25, 0.3) is 10.8 Å². The van der Waals surface area contributed by atoms with Gasteiger partial charge in [0.05, 0.1) is 13.0 Å². The van der Waals surface area contributed by atoms with E-state index in [0.717, 1.165) is 42.1 Å². The van der Waals surface area contributed by atoms with Crippen LogP contribution in [0.5, 0.6) is 0 Å². The number of carbonyl (C=O) groups is 2. The van der Waals surface area contributed by atoms with Gasteiger partial charge in [0.2, 0.25) is 11.8 Å². The molecule has 1 fully saturated rings. The van der Waals surface area contributed by atoms with Crippen molar-refractivity contribution in [3.05, 3.63) is 48.0 Å². The average molecular weight is 368 g/mol. The number of fused-ring (bicyclic) bond motifs is 1. The molecule has 144 valence electrons. The van der Waals surface area contributed by atoms with Crippen LogP contribution >= 0.6 is 0 Å². The fourth-order valence-electron chi connectivity index (χ4n) is 3.75. The van der Waals surface area contributed by atoms with Gasteiger partial charge in [-0.05, 0) is 35.6 Å². The summed E-state index contributed by atoms with van der Waals surface area (Å²) in [5, 5.41) is 5.21. The summed E-state index contributed by atoms with van der Waals surface area (Å²) >= 11 is 0. The van der Waals surface area contributed by atoms with E-state index < -0.39 is 0 Å². The van der Waals surface area contributed by atoms with Crippen molar-refractivity contribution in [3.8, 4) is 0 Å². The third kappa shape index (κ3) is 5.07. The van der Waals surface area contributed by atoms with Crippen LogP contribution in [0.3, 0.4) is 0 Å². The first kappa shape index (κ1) is 19.4. The molecule has 5 heteroatoms. The minimum Gasteiger partial charge on any atom is -0.383 e. The molecule has 1 saturated heterocycles. The largest absolute Gasteiger partial charge is 0.383 e. The van der Waals surface area contributed by atoms with E-state index in [1.165, 1.54) is 0 Å². The molecule has 3 rings (SSSR count). The smallest absolute Gasteiger partial charge is 0.227 e. The van der Waals surface area contributed by atoms with Gasteiger partial charge in [0.25, 0.3) is 0 Å². The molecule has 0 radical (unpaired) electrons. The Labute approximate surface area is 160 Å². The molecule has 27 heavy (non-hydrogen) atoms. The maximum absolute atomic E-state index is 12.9. The predicted octanol–water partition coefficient (Wildman–Crippen LogP) is 2.77. The van der Waals surface area contributed by atoms with Crippen LogP contribution in [0.2, 0.25) is 0 Å². The minimum atomic E-state index is -0.0165. The lowest BCUT2D eigenvalue weighted by atomic mass is 10.00. The minimum absolute atomic E-state index is 0.0165. The van der Waals surface area contributed by atoms with Crippen LogP contribution in [0.15, 0.2) is 42.5 Å². The Bertz CT molecular complexity index is 785. The van der Waals surface area contributed by atoms with Gasteiger partial charge in [-0.15, -0.1) is 0 Å². The number of hydrogen-bond donors (Lipinski definition) is 1. The second-order valence-corrected chi connectivity index (χ2v) is 7.11. The van der Waals surface area contributed by atoms with Gasteiger partial charge in [-0.2, -0.15) is 0 Å². The van der Waals surface area contributed by atoms with E-state index in [1.54, 1.807) is 7.11 Å². The summed E-state index contributed by atoms with van der Waals surface area (Å²) in [4.78, 5) is 27.1. The Morgan fingerprint density at radius 3 is 2.78 bits per heavy atom. The molecule has 0 aliphatic carbocycles. The van der Waals surface area contributed by atoms with Gasteiger partial charge >= 0.3 is 0 Å². The number of methoxy groups -OCH3 is 1. The monoisotopic (exact) mass is 368 g/mol. The van der Waals surface area contributed by atoms with E-state index in [-0.39, 0.29) is 17.7 Å². The van der Waals surface area contributed by atoms with E-state index in [2.05, 4.69) is 23.5 Å². The van der Waals surface area contributed by atoms with Crippen molar-refractivity contribution in [2.45, 2.75) is 25.7 Å². The molecule has 0 saturated carbocycles. The molecule has 2 aromatic rings. The van der Waals surface area contributed by atoms with Gasteiger partial charge < -0.3 is 15.0 Å². The summed E-state index contributed by atoms with van der Waals surface area (Å²) in [5.74, 6) is 0.208. The maximum atomic E-state index is 12.9. The first-order valence-electron chi connectivity index (χ1n) is 9.70. The summed E-state index contributed by atoms with van der Waals surface area (Å²) in [6.45, 7) is 2.43. The Morgan fingerprint density at radius 1 is 1.11 bits per heavy atom. The Hall–Kier alpha value is -2.40. The first-order valence-corrected chi connectivity index (χ1v) is 9.70. The third-order valence-electron chi connectivity index (χ3n) is 5.28. The zero-order valence-corrected chi connectivity index (χ0v) is 15.9. The average Bonchev–Trinajstić information content (AvgIpc) is 2.95. The molecule has 1 N–H and O–H groups in total. The van der Waals surface area contributed by atoms with Gasteiger partial charge in [-0.3, -0.25) is 9.59 Å². The summed E-state index contributed by atoms with van der Waals surface area (Å²) in [5.41, 5.74) is 1.07. The molecule has 0 aromatic heterocycles. The number of benzene rings is 2. The number of hydrogen-bond acceptors (Lipinski definition) is 3. The topological polar surface area (TPSA) is 58.6 Å². The third-order valence-corrected chi connectivity index (χ3v) is 5.28. The van der Waals surface area contributed by atoms with E-state index in [1.807, 2.05) is 29.2 Å². The fraction of sp³-hybridized carbons (Fsp3) is 0.455. The van der Waals surface area contributed by atoms with Crippen molar-refractivity contribution in [2.24, 2.45) is 5.92 Å².